The summed E-state index contributed by atoms with van der Waals surface area (Å²) in [6, 6.07) is 10.5. The van der Waals surface area contributed by atoms with Crippen molar-refractivity contribution in [3.63, 3.8) is 0 Å². The van der Waals surface area contributed by atoms with E-state index >= 15 is 0 Å². The lowest BCUT2D eigenvalue weighted by Crippen LogP contribution is -2.39. The molecule has 0 saturated heterocycles. The van der Waals surface area contributed by atoms with E-state index in [9.17, 15) is 14.4 Å². The Balaban J connectivity index is 2.26. The van der Waals surface area contributed by atoms with Gasteiger partial charge in [0.1, 0.15) is 11.6 Å². The van der Waals surface area contributed by atoms with Crippen molar-refractivity contribution in [3.05, 3.63) is 70.1 Å². The molecule has 1 atom stereocenters. The third-order valence-corrected chi connectivity index (χ3v) is 2.76. The van der Waals surface area contributed by atoms with Crippen LogP contribution in [0.1, 0.15) is 22.0 Å². The summed E-state index contributed by atoms with van der Waals surface area (Å²) in [5, 5.41) is 2.46. The molecule has 2 amide bonds. The average Bonchev–Trinajstić information content (AvgIpc) is 2.45. The molecule has 2 aromatic rings. The normalized spacial score (nSPS) is 11.6. The molecular weight excluding hydrogens is 258 g/mol. The Bertz CT molecular complexity index is 679. The zero-order valence-electron chi connectivity index (χ0n) is 10.5. The lowest BCUT2D eigenvalue weighted by atomic mass is 10.1. The van der Waals surface area contributed by atoms with Crippen molar-refractivity contribution in [2.75, 3.05) is 0 Å². The summed E-state index contributed by atoms with van der Waals surface area (Å²) < 4.78 is 0. The molecule has 0 aliphatic heterocycles. The van der Waals surface area contributed by atoms with Gasteiger partial charge in [-0.1, -0.05) is 30.3 Å². The van der Waals surface area contributed by atoms with Crippen LogP contribution in [-0.2, 0) is 4.79 Å². The van der Waals surface area contributed by atoms with E-state index in [0.717, 1.165) is 0 Å². The van der Waals surface area contributed by atoms with E-state index in [1.165, 1.54) is 18.3 Å². The van der Waals surface area contributed by atoms with Crippen LogP contribution in [0.4, 0.5) is 0 Å². The summed E-state index contributed by atoms with van der Waals surface area (Å²) in [6.07, 6.45) is 1.42. The van der Waals surface area contributed by atoms with Crippen molar-refractivity contribution in [2.45, 2.75) is 6.04 Å². The fourth-order valence-corrected chi connectivity index (χ4v) is 1.77. The molecule has 20 heavy (non-hydrogen) atoms. The van der Waals surface area contributed by atoms with Gasteiger partial charge in [0, 0.05) is 6.20 Å². The number of nitrogens with one attached hydrogen (secondary N) is 2. The highest BCUT2D eigenvalue weighted by Crippen LogP contribution is 2.12. The first kappa shape index (κ1) is 13.5. The smallest absolute Gasteiger partial charge is 0.260 e. The predicted octanol–water partition coefficient (Wildman–Crippen LogP) is 0.331. The van der Waals surface area contributed by atoms with Crippen molar-refractivity contribution in [1.29, 1.82) is 0 Å². The molecule has 0 spiro atoms. The topological polar surface area (TPSA) is 105 Å². The predicted molar refractivity (Wildman–Crippen MR) is 72.9 cm³/mol. The first-order valence-corrected chi connectivity index (χ1v) is 5.92. The van der Waals surface area contributed by atoms with Crippen molar-refractivity contribution < 1.29 is 9.59 Å². The van der Waals surface area contributed by atoms with Gasteiger partial charge in [0.25, 0.3) is 11.5 Å². The Labute approximate surface area is 114 Å². The second kappa shape index (κ2) is 5.83. The van der Waals surface area contributed by atoms with Crippen LogP contribution >= 0.6 is 0 Å². The number of amides is 2. The van der Waals surface area contributed by atoms with Crippen LogP contribution in [0.2, 0.25) is 0 Å². The van der Waals surface area contributed by atoms with Gasteiger partial charge < -0.3 is 16.0 Å². The van der Waals surface area contributed by atoms with Crippen molar-refractivity contribution >= 4 is 11.8 Å². The van der Waals surface area contributed by atoms with Crippen molar-refractivity contribution in [1.82, 2.24) is 10.3 Å². The van der Waals surface area contributed by atoms with Gasteiger partial charge in [-0.15, -0.1) is 0 Å². The molecule has 1 heterocycles. The molecule has 0 fully saturated rings. The molecule has 0 aliphatic carbocycles. The minimum Gasteiger partial charge on any atom is -0.368 e. The van der Waals surface area contributed by atoms with Gasteiger partial charge in [0.2, 0.25) is 5.91 Å². The second-order valence-corrected chi connectivity index (χ2v) is 4.13. The zero-order valence-corrected chi connectivity index (χ0v) is 10.5. The second-order valence-electron chi connectivity index (χ2n) is 4.13. The molecule has 1 aromatic carbocycles. The molecule has 0 unspecified atom stereocenters. The Hall–Kier alpha value is -2.89. The molecule has 6 heteroatoms. The van der Waals surface area contributed by atoms with Gasteiger partial charge in [-0.05, 0) is 17.7 Å². The highest BCUT2D eigenvalue weighted by Gasteiger charge is 2.21. The number of aromatic nitrogens is 1. The molecular formula is C14H13N3O3. The standard InChI is InChI=1S/C14H13N3O3/c15-12(18)11(9-5-2-1-3-6-9)17-14(20)10-7-4-8-16-13(10)19/h1-8,11H,(H2,15,18)(H,16,19)(H,17,20)/t11-/m1/s1. The Morgan fingerprint density at radius 3 is 2.40 bits per heavy atom. The van der Waals surface area contributed by atoms with Crippen LogP contribution in [0.3, 0.4) is 0 Å². The number of primary amides is 1. The molecule has 102 valence electrons. The van der Waals surface area contributed by atoms with Crippen molar-refractivity contribution in [3.8, 4) is 0 Å². The highest BCUT2D eigenvalue weighted by atomic mass is 16.2. The minimum atomic E-state index is -0.983. The van der Waals surface area contributed by atoms with E-state index in [0.29, 0.717) is 5.56 Å². The lowest BCUT2D eigenvalue weighted by molar-refractivity contribution is -0.120. The summed E-state index contributed by atoms with van der Waals surface area (Å²) in [7, 11) is 0. The lowest BCUT2D eigenvalue weighted by Gasteiger charge is -2.15. The fourth-order valence-electron chi connectivity index (χ4n) is 1.77. The van der Waals surface area contributed by atoms with Crippen LogP contribution in [0.5, 0.6) is 0 Å². The first-order chi connectivity index (χ1) is 9.59. The number of carbonyl (C=O) groups excluding carboxylic acids is 2. The highest BCUT2D eigenvalue weighted by molar-refractivity contribution is 5.97. The summed E-state index contributed by atoms with van der Waals surface area (Å²) >= 11 is 0. The number of rotatable bonds is 4. The maximum Gasteiger partial charge on any atom is 0.260 e. The minimum absolute atomic E-state index is 0.0744. The fraction of sp³-hybridized carbons (Fsp3) is 0.0714. The number of H-pyrrole nitrogens is 1. The number of pyridine rings is 1. The molecule has 2 rings (SSSR count). The quantitative estimate of drug-likeness (QED) is 0.746. The Kier molecular flexibility index (Phi) is 3.95. The number of nitrogens with two attached hydrogens (primary N) is 1. The number of hydrogen-bond donors (Lipinski definition) is 3. The maximum atomic E-state index is 12.0. The number of hydrogen-bond acceptors (Lipinski definition) is 3. The van der Waals surface area contributed by atoms with Crippen molar-refractivity contribution in [2.24, 2.45) is 5.73 Å². The molecule has 4 N–H and O–H groups in total. The van der Waals surface area contributed by atoms with Gasteiger partial charge in [-0.2, -0.15) is 0 Å². The summed E-state index contributed by atoms with van der Waals surface area (Å²) in [4.78, 5) is 37.4. The third-order valence-electron chi connectivity index (χ3n) is 2.76. The molecule has 0 radical (unpaired) electrons. The maximum absolute atomic E-state index is 12.0. The Morgan fingerprint density at radius 2 is 1.80 bits per heavy atom. The number of aromatic amines is 1. The van der Waals surface area contributed by atoms with Gasteiger partial charge in [-0.3, -0.25) is 14.4 Å². The van der Waals surface area contributed by atoms with E-state index in [1.54, 1.807) is 30.3 Å². The van der Waals surface area contributed by atoms with Gasteiger partial charge in [-0.25, -0.2) is 0 Å². The van der Waals surface area contributed by atoms with Crippen LogP contribution in [0.25, 0.3) is 0 Å². The average molecular weight is 271 g/mol. The monoisotopic (exact) mass is 271 g/mol. The summed E-state index contributed by atoms with van der Waals surface area (Å²) in [6.45, 7) is 0. The largest absolute Gasteiger partial charge is 0.368 e. The first-order valence-electron chi connectivity index (χ1n) is 5.92. The molecule has 0 saturated carbocycles. The summed E-state index contributed by atoms with van der Waals surface area (Å²) in [5.41, 5.74) is 5.25. The SMILES string of the molecule is NC(=O)[C@H](NC(=O)c1ccc[nH]c1=O)c1ccccc1. The molecule has 0 aliphatic rings. The van der Waals surface area contributed by atoms with Gasteiger partial charge in [0.15, 0.2) is 0 Å². The van der Waals surface area contributed by atoms with Gasteiger partial charge in [0.05, 0.1) is 0 Å². The Morgan fingerprint density at radius 1 is 1.10 bits per heavy atom. The number of carbonyl (C=O) groups is 2. The number of benzene rings is 1. The van der Waals surface area contributed by atoms with E-state index < -0.39 is 23.4 Å². The van der Waals surface area contributed by atoms with E-state index in [2.05, 4.69) is 10.3 Å². The van der Waals surface area contributed by atoms with Crippen LogP contribution < -0.4 is 16.6 Å². The van der Waals surface area contributed by atoms with Crippen LogP contribution in [0.15, 0.2) is 53.5 Å². The van der Waals surface area contributed by atoms with E-state index in [4.69, 9.17) is 5.73 Å². The van der Waals surface area contributed by atoms with Crippen LogP contribution in [0, 0.1) is 0 Å². The van der Waals surface area contributed by atoms with Gasteiger partial charge >= 0.3 is 0 Å². The van der Waals surface area contributed by atoms with Crippen LogP contribution in [-0.4, -0.2) is 16.8 Å². The zero-order chi connectivity index (χ0) is 14.5. The van der Waals surface area contributed by atoms with E-state index in [1.807, 2.05) is 0 Å². The third kappa shape index (κ3) is 2.92. The van der Waals surface area contributed by atoms with E-state index in [-0.39, 0.29) is 5.56 Å². The molecule has 0 bridgehead atoms. The molecule has 1 aromatic heterocycles. The summed E-state index contributed by atoms with van der Waals surface area (Å²) in [5.74, 6) is -1.35. The molecule has 6 nitrogen and oxygen atoms in total.